The summed E-state index contributed by atoms with van der Waals surface area (Å²) in [6.07, 6.45) is 0.862. The molecule has 0 saturated heterocycles. The summed E-state index contributed by atoms with van der Waals surface area (Å²) in [4.78, 5) is 12.2. The van der Waals surface area contributed by atoms with E-state index in [2.05, 4.69) is 5.32 Å². The van der Waals surface area contributed by atoms with E-state index in [1.54, 1.807) is 18.9 Å². The molecule has 100 valence electrons. The topological polar surface area (TPSA) is 58.4 Å². The highest BCUT2D eigenvalue weighted by molar-refractivity contribution is 5.64. The van der Waals surface area contributed by atoms with Crippen LogP contribution >= 0.6 is 0 Å². The number of nitrogens with zero attached hydrogens (tertiary/aromatic N) is 2. The van der Waals surface area contributed by atoms with Crippen molar-refractivity contribution in [2.75, 3.05) is 32.1 Å². The van der Waals surface area contributed by atoms with Gasteiger partial charge in [-0.1, -0.05) is 0 Å². The first kappa shape index (κ1) is 14.4. The standard InChI is InChI=1S/C12H18FN3O2/c1-9-7-11(15(3)6-4-5-14-2)12(16(17)18)8-10(9)13/h7-8,14H,4-6H2,1-3H3. The van der Waals surface area contributed by atoms with Gasteiger partial charge >= 0.3 is 0 Å². The molecule has 0 aliphatic heterocycles. The average Bonchev–Trinajstić information content (AvgIpc) is 2.32. The number of hydrogen-bond acceptors (Lipinski definition) is 4. The van der Waals surface area contributed by atoms with Gasteiger partial charge < -0.3 is 10.2 Å². The molecule has 0 unspecified atom stereocenters. The van der Waals surface area contributed by atoms with Gasteiger partial charge in [0.2, 0.25) is 0 Å². The van der Waals surface area contributed by atoms with Crippen LogP contribution in [0.1, 0.15) is 12.0 Å². The van der Waals surface area contributed by atoms with Crippen LogP contribution in [0.4, 0.5) is 15.8 Å². The smallest absolute Gasteiger partial charge is 0.295 e. The summed E-state index contributed by atoms with van der Waals surface area (Å²) in [5.41, 5.74) is 0.677. The summed E-state index contributed by atoms with van der Waals surface area (Å²) in [6.45, 7) is 3.11. The van der Waals surface area contributed by atoms with Crippen molar-refractivity contribution in [3.63, 3.8) is 0 Å². The summed E-state index contributed by atoms with van der Waals surface area (Å²) >= 11 is 0. The summed E-state index contributed by atoms with van der Waals surface area (Å²) in [5, 5.41) is 13.9. The Morgan fingerprint density at radius 2 is 2.17 bits per heavy atom. The number of nitro groups is 1. The molecular weight excluding hydrogens is 237 g/mol. The third-order valence-corrected chi connectivity index (χ3v) is 2.78. The van der Waals surface area contributed by atoms with Crippen LogP contribution in [0.25, 0.3) is 0 Å². The van der Waals surface area contributed by atoms with Crippen LogP contribution in [0.5, 0.6) is 0 Å². The van der Waals surface area contributed by atoms with E-state index in [0.717, 1.165) is 19.0 Å². The predicted molar refractivity (Wildman–Crippen MR) is 69.6 cm³/mol. The van der Waals surface area contributed by atoms with Gasteiger partial charge in [-0.2, -0.15) is 0 Å². The average molecular weight is 255 g/mol. The third kappa shape index (κ3) is 3.40. The van der Waals surface area contributed by atoms with Crippen molar-refractivity contribution in [1.29, 1.82) is 0 Å². The fourth-order valence-electron chi connectivity index (χ4n) is 1.72. The van der Waals surface area contributed by atoms with Gasteiger partial charge in [0, 0.05) is 13.6 Å². The van der Waals surface area contributed by atoms with E-state index < -0.39 is 10.7 Å². The van der Waals surface area contributed by atoms with Crippen LogP contribution in [-0.2, 0) is 0 Å². The van der Waals surface area contributed by atoms with Gasteiger partial charge in [0.25, 0.3) is 5.69 Å². The van der Waals surface area contributed by atoms with E-state index in [0.29, 0.717) is 17.8 Å². The lowest BCUT2D eigenvalue weighted by molar-refractivity contribution is -0.384. The number of aryl methyl sites for hydroxylation is 1. The van der Waals surface area contributed by atoms with Gasteiger partial charge in [-0.15, -0.1) is 0 Å². The number of rotatable bonds is 6. The maximum atomic E-state index is 13.4. The van der Waals surface area contributed by atoms with Crippen molar-refractivity contribution in [2.45, 2.75) is 13.3 Å². The Bertz CT molecular complexity index is 438. The Balaban J connectivity index is 2.98. The van der Waals surface area contributed by atoms with Crippen molar-refractivity contribution in [1.82, 2.24) is 5.32 Å². The van der Waals surface area contributed by atoms with Crippen LogP contribution < -0.4 is 10.2 Å². The quantitative estimate of drug-likeness (QED) is 0.480. The lowest BCUT2D eigenvalue weighted by atomic mass is 10.1. The molecule has 5 nitrogen and oxygen atoms in total. The summed E-state index contributed by atoms with van der Waals surface area (Å²) in [7, 11) is 3.62. The van der Waals surface area contributed by atoms with Crippen LogP contribution in [0.15, 0.2) is 12.1 Å². The van der Waals surface area contributed by atoms with Crippen LogP contribution in [0.3, 0.4) is 0 Å². The van der Waals surface area contributed by atoms with Crippen LogP contribution in [0, 0.1) is 22.9 Å². The first-order valence-electron chi connectivity index (χ1n) is 5.77. The maximum Gasteiger partial charge on any atom is 0.295 e. The Morgan fingerprint density at radius 1 is 1.50 bits per heavy atom. The molecule has 1 N–H and O–H groups in total. The van der Waals surface area contributed by atoms with Crippen molar-refractivity contribution in [2.24, 2.45) is 0 Å². The molecule has 1 aromatic carbocycles. The molecule has 0 aromatic heterocycles. The van der Waals surface area contributed by atoms with E-state index in [-0.39, 0.29) is 5.69 Å². The fraction of sp³-hybridized carbons (Fsp3) is 0.500. The summed E-state index contributed by atoms with van der Waals surface area (Å²) in [5.74, 6) is -0.547. The first-order valence-corrected chi connectivity index (χ1v) is 5.77. The monoisotopic (exact) mass is 255 g/mol. The van der Waals surface area contributed by atoms with Crippen LogP contribution in [0.2, 0.25) is 0 Å². The number of hydrogen-bond donors (Lipinski definition) is 1. The molecule has 0 atom stereocenters. The molecule has 0 radical (unpaired) electrons. The number of anilines is 1. The van der Waals surface area contributed by atoms with Crippen molar-refractivity contribution in [3.05, 3.63) is 33.6 Å². The van der Waals surface area contributed by atoms with Crippen molar-refractivity contribution >= 4 is 11.4 Å². The molecule has 0 amide bonds. The van der Waals surface area contributed by atoms with Gasteiger partial charge in [-0.25, -0.2) is 4.39 Å². The zero-order chi connectivity index (χ0) is 13.7. The SMILES string of the molecule is CNCCCN(C)c1cc(C)c(F)cc1[N+](=O)[O-]. The number of halogens is 1. The largest absolute Gasteiger partial charge is 0.369 e. The Morgan fingerprint density at radius 3 is 2.72 bits per heavy atom. The Kier molecular flexibility index (Phi) is 5.03. The molecule has 0 spiro atoms. The lowest BCUT2D eigenvalue weighted by Gasteiger charge is -2.19. The molecule has 1 rings (SSSR count). The van der Waals surface area contributed by atoms with E-state index in [1.807, 2.05) is 7.05 Å². The third-order valence-electron chi connectivity index (χ3n) is 2.78. The normalized spacial score (nSPS) is 10.4. The second-order valence-electron chi connectivity index (χ2n) is 4.23. The second kappa shape index (κ2) is 6.30. The molecule has 1 aromatic rings. The fourth-order valence-corrected chi connectivity index (χ4v) is 1.72. The minimum absolute atomic E-state index is 0.190. The molecule has 6 heteroatoms. The zero-order valence-corrected chi connectivity index (χ0v) is 10.9. The van der Waals surface area contributed by atoms with E-state index in [1.165, 1.54) is 6.07 Å². The van der Waals surface area contributed by atoms with Gasteiger partial charge in [0.05, 0.1) is 11.0 Å². The molecule has 0 fully saturated rings. The highest BCUT2D eigenvalue weighted by Crippen LogP contribution is 2.30. The Labute approximate surface area is 106 Å². The van der Waals surface area contributed by atoms with Crippen LogP contribution in [-0.4, -0.2) is 32.1 Å². The molecule has 0 aliphatic rings. The zero-order valence-electron chi connectivity index (χ0n) is 10.9. The molecule has 0 saturated carbocycles. The summed E-state index contributed by atoms with van der Waals surface area (Å²) < 4.78 is 13.4. The number of benzene rings is 1. The molecule has 18 heavy (non-hydrogen) atoms. The predicted octanol–water partition coefficient (Wildman–Crippen LogP) is 2.09. The maximum absolute atomic E-state index is 13.4. The van der Waals surface area contributed by atoms with Gasteiger partial charge in [-0.3, -0.25) is 10.1 Å². The van der Waals surface area contributed by atoms with E-state index in [9.17, 15) is 14.5 Å². The molecular formula is C12H18FN3O2. The van der Waals surface area contributed by atoms with Crippen molar-refractivity contribution < 1.29 is 9.31 Å². The van der Waals surface area contributed by atoms with Gasteiger partial charge in [0.15, 0.2) is 0 Å². The number of nitrogens with one attached hydrogen (secondary N) is 1. The Hall–Kier alpha value is -1.69. The van der Waals surface area contributed by atoms with Crippen molar-refractivity contribution in [3.8, 4) is 0 Å². The molecule has 0 bridgehead atoms. The lowest BCUT2D eigenvalue weighted by Crippen LogP contribution is -2.23. The van der Waals surface area contributed by atoms with E-state index in [4.69, 9.17) is 0 Å². The number of nitro benzene ring substituents is 1. The van der Waals surface area contributed by atoms with Gasteiger partial charge in [-0.05, 0) is 38.6 Å². The van der Waals surface area contributed by atoms with E-state index >= 15 is 0 Å². The molecule has 0 aliphatic carbocycles. The van der Waals surface area contributed by atoms with Gasteiger partial charge in [0.1, 0.15) is 11.5 Å². The summed E-state index contributed by atoms with van der Waals surface area (Å²) in [6, 6.07) is 2.51. The minimum atomic E-state index is -0.549. The first-order chi connectivity index (χ1) is 8.47. The minimum Gasteiger partial charge on any atom is -0.369 e. The highest BCUT2D eigenvalue weighted by Gasteiger charge is 2.19. The second-order valence-corrected chi connectivity index (χ2v) is 4.23. The highest BCUT2D eigenvalue weighted by atomic mass is 19.1. The molecule has 0 heterocycles.